The Bertz CT molecular complexity index is 623. The number of anilines is 2. The second-order valence-electron chi connectivity index (χ2n) is 5.07. The van der Waals surface area contributed by atoms with Crippen molar-refractivity contribution >= 4 is 17.1 Å². The summed E-state index contributed by atoms with van der Waals surface area (Å²) in [6.07, 6.45) is 0. The lowest BCUT2D eigenvalue weighted by molar-refractivity contribution is 0.475. The predicted molar refractivity (Wildman–Crippen MR) is 84.4 cm³/mol. The van der Waals surface area contributed by atoms with Gasteiger partial charge in [-0.3, -0.25) is 0 Å². The van der Waals surface area contributed by atoms with Crippen LogP contribution in [-0.4, -0.2) is 31.3 Å². The summed E-state index contributed by atoms with van der Waals surface area (Å²) in [6, 6.07) is 14.9. The summed E-state index contributed by atoms with van der Waals surface area (Å²) in [5, 5.41) is 12.7. The third-order valence-corrected chi connectivity index (χ3v) is 3.80. The molecule has 0 aliphatic carbocycles. The molecular weight excluding hydrogens is 266 g/mol. The standard InChI is InChI=1S/C16H17N3O2/c20-14-6-7-15(17-21)16(12-14)19-10-8-18(9-11-19)13-4-2-1-3-5-13/h1-7,12,20H,8-11H2. The van der Waals surface area contributed by atoms with Crippen molar-refractivity contribution in [2.24, 2.45) is 5.18 Å². The molecule has 0 atom stereocenters. The lowest BCUT2D eigenvalue weighted by Crippen LogP contribution is -2.46. The number of nitroso groups, excluding NO2 is 1. The van der Waals surface area contributed by atoms with E-state index in [2.05, 4.69) is 27.1 Å². The molecule has 1 fully saturated rings. The summed E-state index contributed by atoms with van der Waals surface area (Å²) in [7, 11) is 0. The summed E-state index contributed by atoms with van der Waals surface area (Å²) >= 11 is 0. The Hall–Kier alpha value is -2.56. The molecule has 0 bridgehead atoms. The second kappa shape index (κ2) is 5.83. The Labute approximate surface area is 123 Å². The van der Waals surface area contributed by atoms with Gasteiger partial charge in [-0.25, -0.2) is 0 Å². The molecule has 0 amide bonds. The van der Waals surface area contributed by atoms with Crippen LogP contribution >= 0.6 is 0 Å². The third-order valence-electron chi connectivity index (χ3n) is 3.80. The van der Waals surface area contributed by atoms with E-state index in [0.717, 1.165) is 26.2 Å². The van der Waals surface area contributed by atoms with E-state index in [9.17, 15) is 10.0 Å². The number of rotatable bonds is 3. The van der Waals surface area contributed by atoms with E-state index in [1.807, 2.05) is 18.2 Å². The first-order chi connectivity index (χ1) is 10.3. The van der Waals surface area contributed by atoms with Crippen molar-refractivity contribution in [2.45, 2.75) is 0 Å². The monoisotopic (exact) mass is 283 g/mol. The second-order valence-corrected chi connectivity index (χ2v) is 5.07. The molecule has 1 saturated heterocycles. The van der Waals surface area contributed by atoms with E-state index in [4.69, 9.17) is 0 Å². The molecule has 5 nitrogen and oxygen atoms in total. The minimum atomic E-state index is 0.155. The van der Waals surface area contributed by atoms with Gasteiger partial charge < -0.3 is 14.9 Å². The zero-order valence-electron chi connectivity index (χ0n) is 11.6. The molecule has 5 heteroatoms. The van der Waals surface area contributed by atoms with E-state index in [-0.39, 0.29) is 5.75 Å². The molecule has 0 spiro atoms. The molecular formula is C16H17N3O2. The molecule has 1 heterocycles. The number of para-hydroxylation sites is 1. The SMILES string of the molecule is O=Nc1ccc(O)cc1N1CCN(c2ccccc2)CC1. The van der Waals surface area contributed by atoms with Crippen LogP contribution in [0.4, 0.5) is 17.1 Å². The van der Waals surface area contributed by atoms with Crippen molar-refractivity contribution in [1.82, 2.24) is 0 Å². The topological polar surface area (TPSA) is 56.1 Å². The summed E-state index contributed by atoms with van der Waals surface area (Å²) < 4.78 is 0. The Morgan fingerprint density at radius 3 is 2.24 bits per heavy atom. The number of hydrogen-bond acceptors (Lipinski definition) is 5. The highest BCUT2D eigenvalue weighted by atomic mass is 16.3. The van der Waals surface area contributed by atoms with Crippen molar-refractivity contribution in [2.75, 3.05) is 36.0 Å². The summed E-state index contributed by atoms with van der Waals surface area (Å²) in [6.45, 7) is 3.33. The lowest BCUT2D eigenvalue weighted by atomic mass is 10.2. The van der Waals surface area contributed by atoms with Gasteiger partial charge in [0, 0.05) is 37.9 Å². The number of aromatic hydroxyl groups is 1. The van der Waals surface area contributed by atoms with Crippen LogP contribution < -0.4 is 9.80 Å². The maximum Gasteiger partial charge on any atom is 0.131 e. The lowest BCUT2D eigenvalue weighted by Gasteiger charge is -2.37. The van der Waals surface area contributed by atoms with Gasteiger partial charge in [-0.2, -0.15) is 0 Å². The van der Waals surface area contributed by atoms with Crippen LogP contribution in [0.2, 0.25) is 0 Å². The van der Waals surface area contributed by atoms with Crippen molar-refractivity contribution in [3.63, 3.8) is 0 Å². The van der Waals surface area contributed by atoms with Crippen LogP contribution in [0.25, 0.3) is 0 Å². The number of phenols is 1. The molecule has 108 valence electrons. The summed E-state index contributed by atoms with van der Waals surface area (Å²) in [4.78, 5) is 15.3. The maximum atomic E-state index is 10.9. The van der Waals surface area contributed by atoms with E-state index in [1.54, 1.807) is 12.1 Å². The van der Waals surface area contributed by atoms with Gasteiger partial charge in [0.15, 0.2) is 0 Å². The van der Waals surface area contributed by atoms with E-state index >= 15 is 0 Å². The molecule has 1 aliphatic rings. The zero-order valence-corrected chi connectivity index (χ0v) is 11.6. The van der Waals surface area contributed by atoms with Gasteiger partial charge in [0.25, 0.3) is 0 Å². The molecule has 0 unspecified atom stereocenters. The van der Waals surface area contributed by atoms with E-state index in [1.165, 1.54) is 11.8 Å². The zero-order chi connectivity index (χ0) is 14.7. The fourth-order valence-corrected chi connectivity index (χ4v) is 2.69. The molecule has 21 heavy (non-hydrogen) atoms. The van der Waals surface area contributed by atoms with Crippen molar-refractivity contribution < 1.29 is 5.11 Å². The molecule has 0 saturated carbocycles. The fraction of sp³-hybridized carbons (Fsp3) is 0.250. The van der Waals surface area contributed by atoms with Gasteiger partial charge >= 0.3 is 0 Å². The average Bonchev–Trinajstić information content (AvgIpc) is 2.56. The van der Waals surface area contributed by atoms with E-state index < -0.39 is 0 Å². The first kappa shape index (κ1) is 13.4. The minimum Gasteiger partial charge on any atom is -0.508 e. The molecule has 1 aliphatic heterocycles. The Morgan fingerprint density at radius 1 is 0.905 bits per heavy atom. The first-order valence-electron chi connectivity index (χ1n) is 6.99. The molecule has 3 rings (SSSR count). The largest absolute Gasteiger partial charge is 0.508 e. The highest BCUT2D eigenvalue weighted by Gasteiger charge is 2.20. The Morgan fingerprint density at radius 2 is 1.57 bits per heavy atom. The first-order valence-corrected chi connectivity index (χ1v) is 6.99. The van der Waals surface area contributed by atoms with Crippen molar-refractivity contribution in [3.05, 3.63) is 53.4 Å². The van der Waals surface area contributed by atoms with Crippen molar-refractivity contribution in [1.29, 1.82) is 0 Å². The van der Waals surface area contributed by atoms with Gasteiger partial charge in [0.1, 0.15) is 11.4 Å². The summed E-state index contributed by atoms with van der Waals surface area (Å²) in [5.74, 6) is 0.155. The smallest absolute Gasteiger partial charge is 0.131 e. The highest BCUT2D eigenvalue weighted by Crippen LogP contribution is 2.33. The van der Waals surface area contributed by atoms with Crippen LogP contribution in [0.1, 0.15) is 0 Å². The minimum absolute atomic E-state index is 0.155. The number of nitrogens with zero attached hydrogens (tertiary/aromatic N) is 3. The summed E-state index contributed by atoms with van der Waals surface area (Å²) in [5.41, 5.74) is 2.29. The Balaban J connectivity index is 1.74. The number of piperazine rings is 1. The molecule has 2 aromatic rings. The van der Waals surface area contributed by atoms with Crippen molar-refractivity contribution in [3.8, 4) is 5.75 Å². The van der Waals surface area contributed by atoms with Crippen LogP contribution in [0.3, 0.4) is 0 Å². The van der Waals surface area contributed by atoms with Gasteiger partial charge in [-0.05, 0) is 29.4 Å². The molecule has 1 N–H and O–H groups in total. The van der Waals surface area contributed by atoms with Gasteiger partial charge in [0.05, 0.1) is 5.69 Å². The molecule has 2 aromatic carbocycles. The third kappa shape index (κ3) is 2.81. The molecule has 0 radical (unpaired) electrons. The number of hydrogen-bond donors (Lipinski definition) is 1. The highest BCUT2D eigenvalue weighted by molar-refractivity contribution is 5.69. The van der Waals surface area contributed by atoms with Crippen LogP contribution in [-0.2, 0) is 0 Å². The predicted octanol–water partition coefficient (Wildman–Crippen LogP) is 3.12. The van der Waals surface area contributed by atoms with Crippen LogP contribution in [0, 0.1) is 4.91 Å². The van der Waals surface area contributed by atoms with E-state index in [0.29, 0.717) is 11.4 Å². The average molecular weight is 283 g/mol. The van der Waals surface area contributed by atoms with Crippen LogP contribution in [0.15, 0.2) is 53.7 Å². The number of benzene rings is 2. The van der Waals surface area contributed by atoms with Gasteiger partial charge in [-0.15, -0.1) is 4.91 Å². The fourth-order valence-electron chi connectivity index (χ4n) is 2.69. The van der Waals surface area contributed by atoms with Gasteiger partial charge in [0.2, 0.25) is 0 Å². The molecule has 0 aromatic heterocycles. The number of phenolic OH excluding ortho intramolecular Hbond substituents is 1. The normalized spacial score (nSPS) is 15.0. The maximum absolute atomic E-state index is 10.9. The van der Waals surface area contributed by atoms with Gasteiger partial charge in [-0.1, -0.05) is 18.2 Å². The van der Waals surface area contributed by atoms with Crippen LogP contribution in [0.5, 0.6) is 5.75 Å². The quantitative estimate of drug-likeness (QED) is 0.879. The Kier molecular flexibility index (Phi) is 3.73.